The average Bonchev–Trinajstić information content (AvgIpc) is 4.09. The summed E-state index contributed by atoms with van der Waals surface area (Å²) in [5.41, 5.74) is 15.1. The van der Waals surface area contributed by atoms with Gasteiger partial charge in [0.05, 0.1) is 0 Å². The van der Waals surface area contributed by atoms with Gasteiger partial charge in [0.2, 0.25) is 0 Å². The van der Waals surface area contributed by atoms with Crippen molar-refractivity contribution in [2.24, 2.45) is 0 Å². The summed E-state index contributed by atoms with van der Waals surface area (Å²) in [7, 11) is -2.98. The number of nitrogens with zero attached hydrogens (tertiary/aromatic N) is 3. The van der Waals surface area contributed by atoms with E-state index in [2.05, 4.69) is 268 Å². The Morgan fingerprint density at radius 2 is 0.764 bits per heavy atom. The van der Waals surface area contributed by atoms with E-state index in [1.54, 1.807) is 0 Å². The van der Waals surface area contributed by atoms with E-state index in [4.69, 9.17) is 0 Å². The van der Waals surface area contributed by atoms with Gasteiger partial charge in [-0.25, -0.2) is 0 Å². The number of rotatable bonds is 5. The summed E-state index contributed by atoms with van der Waals surface area (Å²) in [6, 6.07) is 97.0. The zero-order chi connectivity index (χ0) is 47.1. The second-order valence-corrected chi connectivity index (χ2v) is 25.5. The first kappa shape index (κ1) is 40.4. The van der Waals surface area contributed by atoms with Gasteiger partial charge in [0.15, 0.2) is 0 Å². The van der Waals surface area contributed by atoms with Gasteiger partial charge in [-0.2, -0.15) is 0 Å². The van der Waals surface area contributed by atoms with Crippen molar-refractivity contribution >= 4 is 141 Å². The summed E-state index contributed by atoms with van der Waals surface area (Å²) in [4.78, 5) is 0. The fraction of sp³-hybridized carbons (Fsp3) is 0. The molecular formula is C66H42BN3SeSi. The molecule has 6 heteroatoms. The summed E-state index contributed by atoms with van der Waals surface area (Å²) in [6.45, 7) is 0.139. The zero-order valence-electron chi connectivity index (χ0n) is 39.1. The summed E-state index contributed by atoms with van der Waals surface area (Å²) in [6.07, 6.45) is 0. The minimum atomic E-state index is -2.98. The Morgan fingerprint density at radius 3 is 1.35 bits per heavy atom. The van der Waals surface area contributed by atoms with Crippen molar-refractivity contribution in [2.75, 3.05) is 0 Å². The van der Waals surface area contributed by atoms with Gasteiger partial charge in [0, 0.05) is 0 Å². The summed E-state index contributed by atoms with van der Waals surface area (Å²) in [5.74, 6) is 0. The third-order valence-corrected chi connectivity index (χ3v) is 23.3. The van der Waals surface area contributed by atoms with Crippen molar-refractivity contribution < 1.29 is 0 Å². The second kappa shape index (κ2) is 15.3. The zero-order valence-corrected chi connectivity index (χ0v) is 41.8. The predicted molar refractivity (Wildman–Crippen MR) is 309 cm³/mol. The van der Waals surface area contributed by atoms with Crippen molar-refractivity contribution in [3.63, 3.8) is 0 Å². The van der Waals surface area contributed by atoms with E-state index in [0.29, 0.717) is 0 Å². The van der Waals surface area contributed by atoms with Gasteiger partial charge in [-0.3, -0.25) is 0 Å². The van der Waals surface area contributed by atoms with E-state index in [1.807, 2.05) is 0 Å². The number of aromatic nitrogens is 3. The molecule has 11 aromatic carbocycles. The number of fused-ring (bicyclic) bond motifs is 13. The van der Waals surface area contributed by atoms with Crippen LogP contribution in [0.5, 0.6) is 0 Å². The topological polar surface area (TPSA) is 14.8 Å². The third kappa shape index (κ3) is 5.41. The summed E-state index contributed by atoms with van der Waals surface area (Å²) < 4.78 is 10.6. The van der Waals surface area contributed by atoms with E-state index in [9.17, 15) is 0 Å². The molecule has 0 fully saturated rings. The van der Waals surface area contributed by atoms with Gasteiger partial charge in [-0.05, 0) is 0 Å². The van der Waals surface area contributed by atoms with Crippen molar-refractivity contribution in [1.29, 1.82) is 0 Å². The molecule has 334 valence electrons. The van der Waals surface area contributed by atoms with Gasteiger partial charge in [0.25, 0.3) is 0 Å². The van der Waals surface area contributed by atoms with E-state index >= 15 is 0 Å². The fourth-order valence-corrected chi connectivity index (χ4v) is 21.3. The van der Waals surface area contributed by atoms with Gasteiger partial charge < -0.3 is 0 Å². The van der Waals surface area contributed by atoms with E-state index in [0.717, 1.165) is 11.4 Å². The van der Waals surface area contributed by atoms with Crippen LogP contribution in [0.2, 0.25) is 0 Å². The summed E-state index contributed by atoms with van der Waals surface area (Å²) in [5, 5.41) is 13.3. The molecule has 16 rings (SSSR count). The molecule has 3 aromatic heterocycles. The van der Waals surface area contributed by atoms with Crippen LogP contribution in [0.3, 0.4) is 0 Å². The van der Waals surface area contributed by atoms with Crippen molar-refractivity contribution in [2.45, 2.75) is 0 Å². The van der Waals surface area contributed by atoms with Crippen LogP contribution in [-0.2, 0) is 0 Å². The van der Waals surface area contributed by atoms with Crippen molar-refractivity contribution in [1.82, 2.24) is 13.7 Å². The SMILES string of the molecule is c1ccc([Si]2(c3ccccc3)c3ccccc3B3c4ccccc4[Se]c4cc(-n5c6ccccc6c6cc(-n7c8ccccc8c8ccccc87)cc(-n7c8ccccc8c8ccccc87)c65)cc2c43)cc1. The molecule has 0 saturated carbocycles. The van der Waals surface area contributed by atoms with E-state index in [-0.39, 0.29) is 21.7 Å². The first-order valence-electron chi connectivity index (χ1n) is 25.0. The van der Waals surface area contributed by atoms with Crippen molar-refractivity contribution in [3.05, 3.63) is 255 Å². The van der Waals surface area contributed by atoms with Gasteiger partial charge in [0.1, 0.15) is 0 Å². The van der Waals surface area contributed by atoms with Crippen LogP contribution < -0.4 is 46.1 Å². The molecule has 0 saturated heterocycles. The molecule has 3 nitrogen and oxygen atoms in total. The number of para-hydroxylation sites is 5. The standard InChI is InChI=1S/C66H42BN3SeSi/c1-3-21-45(22-4-1)72(46-23-5-2-6-24-46)63-38-20-13-31-54(63)67-53-30-12-19-37-61(53)71-62-41-44(42-64(72)65(62)67)69-57-34-16-11-29-51(57)52-39-43(68-55-32-14-7-25-47(55)48-26-8-15-33-56(48)68)40-60(66(52)69)70-58-35-17-9-27-49(58)50-28-10-18-36-59(50)70/h1-42H. The second-order valence-electron chi connectivity index (χ2n) is 19.5. The number of hydrogen-bond donors (Lipinski definition) is 0. The molecule has 0 bridgehead atoms. The number of hydrogen-bond acceptors (Lipinski definition) is 0. The Hall–Kier alpha value is -8.38. The van der Waals surface area contributed by atoms with Crippen LogP contribution in [-0.4, -0.2) is 43.4 Å². The monoisotopic (exact) mass is 995 g/mol. The van der Waals surface area contributed by atoms with Crippen LogP contribution in [0.4, 0.5) is 0 Å². The fourth-order valence-electron chi connectivity index (χ4n) is 13.3. The number of benzene rings is 11. The molecule has 0 N–H and O–H groups in total. The van der Waals surface area contributed by atoms with Gasteiger partial charge in [-0.1, -0.05) is 12.1 Å². The Kier molecular flexibility index (Phi) is 8.58. The molecule has 72 heavy (non-hydrogen) atoms. The van der Waals surface area contributed by atoms with E-state index < -0.39 is 8.07 Å². The van der Waals surface area contributed by atoms with Crippen LogP contribution in [0.15, 0.2) is 255 Å². The van der Waals surface area contributed by atoms with E-state index in [1.165, 1.54) is 117 Å². The Balaban J connectivity index is 1.10. The molecule has 0 unspecified atom stereocenters. The summed E-state index contributed by atoms with van der Waals surface area (Å²) >= 11 is 0.0606. The Labute approximate surface area is 424 Å². The molecule has 2 aliphatic rings. The first-order chi connectivity index (χ1) is 35.8. The molecule has 5 heterocycles. The molecule has 14 aromatic rings. The van der Waals surface area contributed by atoms with Gasteiger partial charge in [-0.15, -0.1) is 0 Å². The third-order valence-electron chi connectivity index (χ3n) is 16.0. The molecule has 0 aliphatic carbocycles. The Bertz CT molecular complexity index is 4420. The quantitative estimate of drug-likeness (QED) is 0.153. The maximum atomic E-state index is 2.67. The predicted octanol–water partition coefficient (Wildman–Crippen LogP) is 9.15. The molecule has 0 radical (unpaired) electrons. The van der Waals surface area contributed by atoms with Crippen molar-refractivity contribution in [3.8, 4) is 17.1 Å². The first-order valence-corrected chi connectivity index (χ1v) is 28.7. The molecular weight excluding hydrogens is 953 g/mol. The molecule has 0 amide bonds. The molecule has 0 spiro atoms. The Morgan fingerprint density at radius 1 is 0.319 bits per heavy atom. The average molecular weight is 995 g/mol. The van der Waals surface area contributed by atoms with Crippen LogP contribution in [0, 0.1) is 0 Å². The minimum absolute atomic E-state index is 0.0606. The van der Waals surface area contributed by atoms with Crippen LogP contribution in [0.25, 0.3) is 82.5 Å². The normalized spacial score (nSPS) is 13.6. The molecule has 2 aliphatic heterocycles. The van der Waals surface area contributed by atoms with Crippen LogP contribution >= 0.6 is 0 Å². The molecule has 0 atom stereocenters. The van der Waals surface area contributed by atoms with Crippen LogP contribution in [0.1, 0.15) is 0 Å². The maximum absolute atomic E-state index is 2.98. The van der Waals surface area contributed by atoms with Gasteiger partial charge >= 0.3 is 415 Å².